The molecule has 1 aliphatic heterocycles. The lowest BCUT2D eigenvalue weighted by Gasteiger charge is -2.21. The number of amides is 1. The molecule has 4 rings (SSSR count). The zero-order valence-electron chi connectivity index (χ0n) is 16.0. The molecular weight excluding hydrogens is 392 g/mol. The number of methoxy groups -OCH3 is 1. The van der Waals surface area contributed by atoms with E-state index in [4.69, 9.17) is 9.26 Å². The minimum atomic E-state index is -0.790. The van der Waals surface area contributed by atoms with E-state index in [-0.39, 0.29) is 17.2 Å². The van der Waals surface area contributed by atoms with E-state index in [9.17, 15) is 14.7 Å². The summed E-state index contributed by atoms with van der Waals surface area (Å²) >= 11 is 1.39. The van der Waals surface area contributed by atoms with Crippen molar-refractivity contribution in [3.8, 4) is 5.75 Å². The molecule has 2 aromatic heterocycles. The maximum Gasteiger partial charge on any atom is 0.301 e. The van der Waals surface area contributed by atoms with Crippen LogP contribution in [0.2, 0.25) is 0 Å². The molecule has 1 saturated heterocycles. The number of aryl methyl sites for hydroxylation is 2. The van der Waals surface area contributed by atoms with E-state index in [0.717, 1.165) is 10.4 Å². The van der Waals surface area contributed by atoms with Crippen molar-refractivity contribution in [2.75, 3.05) is 12.0 Å². The number of aromatic nitrogens is 1. The highest BCUT2D eigenvalue weighted by molar-refractivity contribution is 7.10. The van der Waals surface area contributed by atoms with E-state index in [0.29, 0.717) is 17.1 Å². The number of carbonyl (C=O) groups is 2. The molecule has 0 bridgehead atoms. The number of aliphatic hydroxyl groups excluding tert-OH is 1. The third-order valence-electron chi connectivity index (χ3n) is 4.79. The quantitative estimate of drug-likeness (QED) is 0.397. The molecule has 1 aromatic carbocycles. The second kappa shape index (κ2) is 7.21. The molecule has 1 amide bonds. The van der Waals surface area contributed by atoms with E-state index in [1.165, 1.54) is 16.2 Å². The Labute approximate surface area is 170 Å². The Morgan fingerprint density at radius 2 is 2.03 bits per heavy atom. The molecular formula is C21H18N2O5S. The molecule has 1 atom stereocenters. The number of rotatable bonds is 4. The maximum absolute atomic E-state index is 12.9. The average molecular weight is 410 g/mol. The van der Waals surface area contributed by atoms with Crippen LogP contribution < -0.4 is 9.64 Å². The summed E-state index contributed by atoms with van der Waals surface area (Å²) in [6.07, 6.45) is 0. The van der Waals surface area contributed by atoms with Gasteiger partial charge in [-0.05, 0) is 49.1 Å². The zero-order chi connectivity index (χ0) is 20.7. The van der Waals surface area contributed by atoms with Gasteiger partial charge in [0, 0.05) is 16.5 Å². The van der Waals surface area contributed by atoms with Crippen LogP contribution in [-0.4, -0.2) is 29.1 Å². The van der Waals surface area contributed by atoms with E-state index < -0.39 is 17.7 Å². The Bertz CT molecular complexity index is 1130. The van der Waals surface area contributed by atoms with Gasteiger partial charge in [0.2, 0.25) is 0 Å². The first-order chi connectivity index (χ1) is 13.9. The van der Waals surface area contributed by atoms with Crippen molar-refractivity contribution in [3.05, 3.63) is 69.1 Å². The van der Waals surface area contributed by atoms with Gasteiger partial charge in [-0.3, -0.25) is 14.5 Å². The van der Waals surface area contributed by atoms with Gasteiger partial charge in [0.15, 0.2) is 5.82 Å². The monoisotopic (exact) mass is 410 g/mol. The fourth-order valence-corrected chi connectivity index (χ4v) is 4.26. The van der Waals surface area contributed by atoms with E-state index in [1.807, 2.05) is 24.4 Å². The van der Waals surface area contributed by atoms with Gasteiger partial charge in [0.25, 0.3) is 5.78 Å². The summed E-state index contributed by atoms with van der Waals surface area (Å²) in [5.74, 6) is -0.367. The normalized spacial score (nSPS) is 18.4. The first-order valence-electron chi connectivity index (χ1n) is 8.85. The summed E-state index contributed by atoms with van der Waals surface area (Å²) < 4.78 is 10.4. The van der Waals surface area contributed by atoms with Crippen LogP contribution in [0.25, 0.3) is 5.76 Å². The van der Waals surface area contributed by atoms with Gasteiger partial charge in [-0.1, -0.05) is 11.2 Å². The van der Waals surface area contributed by atoms with Crippen LogP contribution in [-0.2, 0) is 9.59 Å². The average Bonchev–Trinajstić information content (AvgIpc) is 3.42. The predicted molar refractivity (Wildman–Crippen MR) is 108 cm³/mol. The summed E-state index contributed by atoms with van der Waals surface area (Å²) in [4.78, 5) is 27.8. The van der Waals surface area contributed by atoms with E-state index >= 15 is 0 Å². The highest BCUT2D eigenvalue weighted by atomic mass is 32.1. The number of hydrogen-bond acceptors (Lipinski definition) is 7. The van der Waals surface area contributed by atoms with Crippen molar-refractivity contribution < 1.29 is 24.0 Å². The third-order valence-corrected chi connectivity index (χ3v) is 5.71. The molecule has 0 radical (unpaired) electrons. The molecule has 0 spiro atoms. The fraction of sp³-hybridized carbons (Fsp3) is 0.190. The van der Waals surface area contributed by atoms with Crippen LogP contribution in [0.3, 0.4) is 0 Å². The van der Waals surface area contributed by atoms with Crippen LogP contribution in [0.1, 0.15) is 27.8 Å². The van der Waals surface area contributed by atoms with Crippen molar-refractivity contribution in [1.29, 1.82) is 0 Å². The number of carbonyl (C=O) groups excluding carboxylic acids is 2. The van der Waals surface area contributed by atoms with Crippen LogP contribution in [0.15, 0.2) is 51.9 Å². The summed E-state index contributed by atoms with van der Waals surface area (Å²) in [5, 5.41) is 16.8. The Kier molecular flexibility index (Phi) is 4.71. The molecule has 8 heteroatoms. The minimum Gasteiger partial charge on any atom is -0.507 e. The lowest BCUT2D eigenvalue weighted by molar-refractivity contribution is -0.132. The van der Waals surface area contributed by atoms with Gasteiger partial charge >= 0.3 is 5.91 Å². The third kappa shape index (κ3) is 3.11. The number of thiophene rings is 1. The first kappa shape index (κ1) is 18.9. The Hall–Kier alpha value is -3.39. The van der Waals surface area contributed by atoms with Gasteiger partial charge in [0.1, 0.15) is 23.3 Å². The highest BCUT2D eigenvalue weighted by Gasteiger charge is 2.48. The SMILES string of the molecule is COc1ccc(/C(O)=C2\C(=O)C(=O)N(c3cc(C)on3)C2c2cccs2)cc1C. The molecule has 0 aliphatic carbocycles. The lowest BCUT2D eigenvalue weighted by Crippen LogP contribution is -2.29. The van der Waals surface area contributed by atoms with Gasteiger partial charge in [-0.25, -0.2) is 0 Å². The number of Topliss-reactive ketones (excluding diaryl/α,β-unsaturated/α-hetero) is 1. The Morgan fingerprint density at radius 3 is 2.62 bits per heavy atom. The summed E-state index contributed by atoms with van der Waals surface area (Å²) in [7, 11) is 1.56. The molecule has 3 heterocycles. The smallest absolute Gasteiger partial charge is 0.301 e. The lowest BCUT2D eigenvalue weighted by atomic mass is 9.99. The van der Waals surface area contributed by atoms with Gasteiger partial charge < -0.3 is 14.4 Å². The summed E-state index contributed by atoms with van der Waals surface area (Å²) in [5.41, 5.74) is 1.24. The largest absolute Gasteiger partial charge is 0.507 e. The number of ketones is 1. The van der Waals surface area contributed by atoms with E-state index in [1.54, 1.807) is 38.3 Å². The van der Waals surface area contributed by atoms with Gasteiger partial charge in [0.05, 0.1) is 12.7 Å². The zero-order valence-corrected chi connectivity index (χ0v) is 16.8. The maximum atomic E-state index is 12.9. The minimum absolute atomic E-state index is 0.0164. The molecule has 29 heavy (non-hydrogen) atoms. The summed E-state index contributed by atoms with van der Waals surface area (Å²) in [6.45, 7) is 3.54. The molecule has 7 nitrogen and oxygen atoms in total. The standard InChI is InChI=1S/C21H18N2O5S/c1-11-9-13(6-7-14(11)27-3)19(24)17-18(15-5-4-8-29-15)23(21(26)20(17)25)16-10-12(2)28-22-16/h4-10,18,24H,1-3H3/b19-17+. The molecule has 1 fully saturated rings. The highest BCUT2D eigenvalue weighted by Crippen LogP contribution is 2.43. The Morgan fingerprint density at radius 1 is 1.24 bits per heavy atom. The van der Waals surface area contributed by atoms with Crippen molar-refractivity contribution >= 4 is 34.6 Å². The fourth-order valence-electron chi connectivity index (χ4n) is 3.43. The van der Waals surface area contributed by atoms with Crippen LogP contribution in [0, 0.1) is 13.8 Å². The van der Waals surface area contributed by atoms with Crippen molar-refractivity contribution in [2.45, 2.75) is 19.9 Å². The van der Waals surface area contributed by atoms with Crippen LogP contribution >= 0.6 is 11.3 Å². The number of benzene rings is 1. The molecule has 1 N–H and O–H groups in total. The van der Waals surface area contributed by atoms with Crippen molar-refractivity contribution in [3.63, 3.8) is 0 Å². The van der Waals surface area contributed by atoms with Gasteiger partial charge in [-0.15, -0.1) is 11.3 Å². The first-order valence-corrected chi connectivity index (χ1v) is 9.73. The van der Waals surface area contributed by atoms with E-state index in [2.05, 4.69) is 5.16 Å². The van der Waals surface area contributed by atoms with Crippen LogP contribution in [0.5, 0.6) is 5.75 Å². The van der Waals surface area contributed by atoms with Crippen molar-refractivity contribution in [1.82, 2.24) is 5.16 Å². The molecule has 1 aliphatic rings. The number of ether oxygens (including phenoxy) is 1. The Balaban J connectivity index is 1.90. The molecule has 0 saturated carbocycles. The van der Waals surface area contributed by atoms with Gasteiger partial charge in [-0.2, -0.15) is 0 Å². The number of hydrogen-bond donors (Lipinski definition) is 1. The molecule has 148 valence electrons. The number of nitrogens with zero attached hydrogens (tertiary/aromatic N) is 2. The predicted octanol–water partition coefficient (Wildman–Crippen LogP) is 3.99. The topological polar surface area (TPSA) is 92.9 Å². The number of anilines is 1. The second-order valence-electron chi connectivity index (χ2n) is 6.66. The summed E-state index contributed by atoms with van der Waals surface area (Å²) in [6, 6.07) is 9.51. The molecule has 1 unspecified atom stereocenters. The van der Waals surface area contributed by atoms with Crippen molar-refractivity contribution in [2.24, 2.45) is 0 Å². The number of aliphatic hydroxyl groups is 1. The molecule has 3 aromatic rings. The second-order valence-corrected chi connectivity index (χ2v) is 7.64. The van der Waals surface area contributed by atoms with Crippen LogP contribution in [0.4, 0.5) is 5.82 Å².